The Morgan fingerprint density at radius 3 is 2.82 bits per heavy atom. The number of aromatic nitrogens is 2. The zero-order valence-electron chi connectivity index (χ0n) is 12.1. The summed E-state index contributed by atoms with van der Waals surface area (Å²) in [7, 11) is 3.49. The van der Waals surface area contributed by atoms with Crippen molar-refractivity contribution in [3.8, 4) is 0 Å². The van der Waals surface area contributed by atoms with E-state index in [1.807, 2.05) is 0 Å². The van der Waals surface area contributed by atoms with Crippen LogP contribution in [-0.2, 0) is 18.4 Å². The highest BCUT2D eigenvalue weighted by molar-refractivity contribution is 9.10. The summed E-state index contributed by atoms with van der Waals surface area (Å²) in [5, 5.41) is 9.78. The molecule has 1 amide bonds. The minimum absolute atomic E-state index is 0. The summed E-state index contributed by atoms with van der Waals surface area (Å²) < 4.78 is 15.6. The van der Waals surface area contributed by atoms with E-state index in [4.69, 9.17) is 0 Å². The van der Waals surface area contributed by atoms with Crippen LogP contribution >= 0.6 is 28.3 Å². The molecule has 1 unspecified atom stereocenters. The number of halogens is 3. The minimum Gasteiger partial charge on any atom is -0.350 e. The van der Waals surface area contributed by atoms with E-state index < -0.39 is 6.04 Å². The Morgan fingerprint density at radius 1 is 1.50 bits per heavy atom. The lowest BCUT2D eigenvalue weighted by Gasteiger charge is -2.15. The summed E-state index contributed by atoms with van der Waals surface area (Å²) >= 11 is 3.34. The van der Waals surface area contributed by atoms with E-state index in [2.05, 4.69) is 31.7 Å². The Kier molecular flexibility index (Phi) is 6.99. The molecule has 0 aliphatic carbocycles. The van der Waals surface area contributed by atoms with Crippen LogP contribution < -0.4 is 10.6 Å². The molecule has 0 saturated carbocycles. The number of benzene rings is 1. The topological polar surface area (TPSA) is 59.0 Å². The molecule has 120 valence electrons. The van der Waals surface area contributed by atoms with E-state index in [0.717, 1.165) is 10.0 Å². The van der Waals surface area contributed by atoms with Gasteiger partial charge in [-0.15, -0.1) is 12.4 Å². The molecule has 2 N–H and O–H groups in total. The van der Waals surface area contributed by atoms with Gasteiger partial charge in [0, 0.05) is 29.8 Å². The molecule has 1 atom stereocenters. The molecule has 0 spiro atoms. The maximum Gasteiger partial charge on any atom is 0.242 e. The van der Waals surface area contributed by atoms with Gasteiger partial charge in [-0.25, -0.2) is 4.39 Å². The van der Waals surface area contributed by atoms with Crippen molar-refractivity contribution in [2.45, 2.75) is 12.6 Å². The van der Waals surface area contributed by atoms with Crippen LogP contribution in [0.5, 0.6) is 0 Å². The molecule has 2 aromatic rings. The van der Waals surface area contributed by atoms with E-state index in [9.17, 15) is 9.18 Å². The maximum absolute atomic E-state index is 13.2. The van der Waals surface area contributed by atoms with Gasteiger partial charge in [-0.2, -0.15) is 5.10 Å². The standard InChI is InChI=1S/C14H16BrFN4O.ClH/c1-17-13(10-7-19-20(2)8-10)14(21)18-6-9-5-11(16)3-4-12(9)15;/h3-5,7-8,13,17H,6H2,1-2H3,(H,18,21);1H. The number of carbonyl (C=O) groups excluding carboxylic acids is 1. The third-order valence-electron chi connectivity index (χ3n) is 3.07. The van der Waals surface area contributed by atoms with E-state index in [1.54, 1.807) is 37.2 Å². The van der Waals surface area contributed by atoms with Crippen molar-refractivity contribution < 1.29 is 9.18 Å². The Morgan fingerprint density at radius 2 is 2.23 bits per heavy atom. The van der Waals surface area contributed by atoms with Crippen LogP contribution in [0.4, 0.5) is 4.39 Å². The molecule has 1 heterocycles. The number of likely N-dealkylation sites (N-methyl/N-ethyl adjacent to an activating group) is 1. The lowest BCUT2D eigenvalue weighted by atomic mass is 10.1. The first-order chi connectivity index (χ1) is 10.0. The van der Waals surface area contributed by atoms with Gasteiger partial charge in [0.15, 0.2) is 0 Å². The van der Waals surface area contributed by atoms with Crippen LogP contribution in [-0.4, -0.2) is 22.7 Å². The first-order valence-electron chi connectivity index (χ1n) is 6.38. The zero-order chi connectivity index (χ0) is 15.4. The predicted octanol–water partition coefficient (Wildman–Crippen LogP) is 2.32. The Balaban J connectivity index is 0.00000242. The van der Waals surface area contributed by atoms with Crippen molar-refractivity contribution in [1.82, 2.24) is 20.4 Å². The highest BCUT2D eigenvalue weighted by Crippen LogP contribution is 2.18. The van der Waals surface area contributed by atoms with Crippen LogP contribution in [0, 0.1) is 5.82 Å². The lowest BCUT2D eigenvalue weighted by molar-refractivity contribution is -0.123. The second-order valence-electron chi connectivity index (χ2n) is 4.62. The summed E-state index contributed by atoms with van der Waals surface area (Å²) in [6.07, 6.45) is 3.41. The Bertz CT molecular complexity index is 650. The fraction of sp³-hybridized carbons (Fsp3) is 0.286. The van der Waals surface area contributed by atoms with E-state index >= 15 is 0 Å². The molecule has 0 aliphatic rings. The van der Waals surface area contributed by atoms with Gasteiger partial charge in [0.05, 0.1) is 6.20 Å². The summed E-state index contributed by atoms with van der Waals surface area (Å²) in [5.74, 6) is -0.526. The molecule has 0 radical (unpaired) electrons. The highest BCUT2D eigenvalue weighted by atomic mass is 79.9. The highest BCUT2D eigenvalue weighted by Gasteiger charge is 2.20. The van der Waals surface area contributed by atoms with Gasteiger partial charge in [0.1, 0.15) is 11.9 Å². The summed E-state index contributed by atoms with van der Waals surface area (Å²) in [6, 6.07) is 3.88. The fourth-order valence-electron chi connectivity index (χ4n) is 2.00. The van der Waals surface area contributed by atoms with Crippen molar-refractivity contribution in [3.63, 3.8) is 0 Å². The van der Waals surface area contributed by atoms with E-state index in [1.165, 1.54) is 12.1 Å². The minimum atomic E-state index is -0.494. The number of aryl methyl sites for hydroxylation is 1. The van der Waals surface area contributed by atoms with E-state index in [-0.39, 0.29) is 30.7 Å². The monoisotopic (exact) mass is 390 g/mol. The number of nitrogens with zero attached hydrogens (tertiary/aromatic N) is 2. The normalized spacial score (nSPS) is 11.6. The number of carbonyl (C=O) groups is 1. The van der Waals surface area contributed by atoms with E-state index in [0.29, 0.717) is 5.56 Å². The molecule has 0 bridgehead atoms. The molecule has 1 aromatic carbocycles. The molecular weight excluding hydrogens is 375 g/mol. The SMILES string of the molecule is CNC(C(=O)NCc1cc(F)ccc1Br)c1cnn(C)c1.Cl. The quantitative estimate of drug-likeness (QED) is 0.822. The van der Waals surface area contributed by atoms with Gasteiger partial charge < -0.3 is 10.6 Å². The van der Waals surface area contributed by atoms with Gasteiger partial charge in [0.2, 0.25) is 5.91 Å². The van der Waals surface area contributed by atoms with Crippen molar-refractivity contribution in [3.05, 3.63) is 52.0 Å². The average molecular weight is 392 g/mol. The third kappa shape index (κ3) is 4.53. The summed E-state index contributed by atoms with van der Waals surface area (Å²) in [4.78, 5) is 12.2. The van der Waals surface area contributed by atoms with Crippen LogP contribution in [0.2, 0.25) is 0 Å². The number of nitrogens with one attached hydrogen (secondary N) is 2. The van der Waals surface area contributed by atoms with Crippen molar-refractivity contribution >= 4 is 34.2 Å². The maximum atomic E-state index is 13.2. The number of hydrogen-bond donors (Lipinski definition) is 2. The second-order valence-corrected chi connectivity index (χ2v) is 5.48. The molecule has 1 aromatic heterocycles. The largest absolute Gasteiger partial charge is 0.350 e. The molecule has 8 heteroatoms. The average Bonchev–Trinajstić information content (AvgIpc) is 2.87. The van der Waals surface area contributed by atoms with Gasteiger partial charge in [0.25, 0.3) is 0 Å². The van der Waals surface area contributed by atoms with Gasteiger partial charge in [-0.1, -0.05) is 15.9 Å². The Hall–Kier alpha value is -1.44. The van der Waals surface area contributed by atoms with Crippen LogP contribution in [0.15, 0.2) is 35.1 Å². The zero-order valence-corrected chi connectivity index (χ0v) is 14.5. The molecule has 0 saturated heterocycles. The van der Waals surface area contributed by atoms with Gasteiger partial charge in [-0.05, 0) is 30.8 Å². The molecule has 0 aliphatic heterocycles. The molecular formula is C14H17BrClFN4O. The number of hydrogen-bond acceptors (Lipinski definition) is 3. The van der Waals surface area contributed by atoms with Crippen LogP contribution in [0.1, 0.15) is 17.2 Å². The van der Waals surface area contributed by atoms with Gasteiger partial charge >= 0.3 is 0 Å². The van der Waals surface area contributed by atoms with Crippen molar-refractivity contribution in [1.29, 1.82) is 0 Å². The predicted molar refractivity (Wildman–Crippen MR) is 88.2 cm³/mol. The molecule has 2 rings (SSSR count). The second kappa shape index (κ2) is 8.26. The summed E-state index contributed by atoms with van der Waals surface area (Å²) in [5.41, 5.74) is 1.46. The third-order valence-corrected chi connectivity index (χ3v) is 3.84. The molecule has 22 heavy (non-hydrogen) atoms. The van der Waals surface area contributed by atoms with Gasteiger partial charge in [-0.3, -0.25) is 9.48 Å². The van der Waals surface area contributed by atoms with Crippen molar-refractivity contribution in [2.75, 3.05) is 7.05 Å². The first-order valence-corrected chi connectivity index (χ1v) is 7.18. The van der Waals surface area contributed by atoms with Crippen LogP contribution in [0.3, 0.4) is 0 Å². The summed E-state index contributed by atoms with van der Waals surface area (Å²) in [6.45, 7) is 0.246. The molecule has 5 nitrogen and oxygen atoms in total. The fourth-order valence-corrected chi connectivity index (χ4v) is 2.39. The smallest absolute Gasteiger partial charge is 0.242 e. The molecule has 0 fully saturated rings. The van der Waals surface area contributed by atoms with Crippen molar-refractivity contribution in [2.24, 2.45) is 7.05 Å². The number of rotatable bonds is 5. The number of amides is 1. The first kappa shape index (κ1) is 18.6. The lowest BCUT2D eigenvalue weighted by Crippen LogP contribution is -2.35. The van der Waals surface area contributed by atoms with Crippen LogP contribution in [0.25, 0.3) is 0 Å². The Labute approximate surface area is 142 Å².